The molecule has 0 saturated heterocycles. The lowest BCUT2D eigenvalue weighted by Gasteiger charge is -2.05. The summed E-state index contributed by atoms with van der Waals surface area (Å²) >= 11 is 5.65. The maximum Gasteiger partial charge on any atom is 0.0251 e. The molecule has 0 aliphatic carbocycles. The van der Waals surface area contributed by atoms with E-state index in [9.17, 15) is 0 Å². The lowest BCUT2D eigenvalue weighted by molar-refractivity contribution is 0.544. The van der Waals surface area contributed by atoms with Gasteiger partial charge in [-0.25, -0.2) is 0 Å². The quantitative estimate of drug-likeness (QED) is 0.392. The molecule has 0 saturated carbocycles. The molecule has 0 spiro atoms. The van der Waals surface area contributed by atoms with E-state index in [-0.39, 0.29) is 0 Å². The van der Waals surface area contributed by atoms with Crippen molar-refractivity contribution in [3.05, 3.63) is 6.92 Å². The molecule has 0 aliphatic rings. The topological polar surface area (TPSA) is 0 Å². The van der Waals surface area contributed by atoms with Crippen LogP contribution in [0.15, 0.2) is 0 Å². The molecule has 0 N–H and O–H groups in total. The van der Waals surface area contributed by atoms with Gasteiger partial charge in [0, 0.05) is 5.88 Å². The molecule has 0 aromatic carbocycles. The minimum absolute atomic E-state index is 0.470. The minimum atomic E-state index is 0.470. The van der Waals surface area contributed by atoms with Crippen LogP contribution < -0.4 is 0 Å². The molecule has 0 aromatic rings. The molecule has 0 heterocycles. The van der Waals surface area contributed by atoms with Crippen LogP contribution in [0.3, 0.4) is 0 Å². The van der Waals surface area contributed by atoms with Gasteiger partial charge in [0.15, 0.2) is 0 Å². The predicted molar refractivity (Wildman–Crippen MR) is 57.6 cm³/mol. The Kier molecular flexibility index (Phi) is 9.61. The fourth-order valence-corrected chi connectivity index (χ4v) is 1.44. The van der Waals surface area contributed by atoms with Crippen molar-refractivity contribution in [2.75, 3.05) is 5.88 Å². The Morgan fingerprint density at radius 1 is 1.08 bits per heavy atom. The third kappa shape index (κ3) is 8.39. The molecule has 0 aliphatic heterocycles. The molecule has 1 atom stereocenters. The van der Waals surface area contributed by atoms with Crippen LogP contribution in [0.1, 0.15) is 51.9 Å². The summed E-state index contributed by atoms with van der Waals surface area (Å²) in [5.41, 5.74) is 0. The monoisotopic (exact) mass is 189 g/mol. The summed E-state index contributed by atoms with van der Waals surface area (Å²) in [6.45, 7) is 6.21. The summed E-state index contributed by atoms with van der Waals surface area (Å²) in [6.07, 6.45) is 9.40. The normalized spacial score (nSPS) is 13.2. The van der Waals surface area contributed by atoms with Gasteiger partial charge in [0.25, 0.3) is 0 Å². The Morgan fingerprint density at radius 3 is 2.25 bits per heavy atom. The molecule has 0 rings (SSSR count). The van der Waals surface area contributed by atoms with Gasteiger partial charge in [-0.2, -0.15) is 0 Å². The molecular formula is C11H22Cl. The highest BCUT2D eigenvalue weighted by atomic mass is 35.5. The molecule has 12 heavy (non-hydrogen) atoms. The summed E-state index contributed by atoms with van der Waals surface area (Å²) in [7, 11) is 0. The van der Waals surface area contributed by atoms with Crippen LogP contribution >= 0.6 is 11.6 Å². The second-order valence-corrected chi connectivity index (χ2v) is 3.89. The summed E-state index contributed by atoms with van der Waals surface area (Å²) < 4.78 is 0. The van der Waals surface area contributed by atoms with Crippen molar-refractivity contribution in [2.24, 2.45) is 5.92 Å². The van der Waals surface area contributed by atoms with Gasteiger partial charge < -0.3 is 0 Å². The van der Waals surface area contributed by atoms with Gasteiger partial charge in [-0.3, -0.25) is 0 Å². The standard InChI is InChI=1S/C11H22Cl/c1-3-4-5-6-7-8-9-11(2)10-12/h11H,2-10H2,1H3. The van der Waals surface area contributed by atoms with E-state index < -0.39 is 0 Å². The van der Waals surface area contributed by atoms with Crippen molar-refractivity contribution in [2.45, 2.75) is 51.9 Å². The number of hydrogen-bond acceptors (Lipinski definition) is 0. The van der Waals surface area contributed by atoms with Crippen molar-refractivity contribution in [3.63, 3.8) is 0 Å². The molecule has 0 nitrogen and oxygen atoms in total. The second-order valence-electron chi connectivity index (χ2n) is 3.58. The van der Waals surface area contributed by atoms with Crippen molar-refractivity contribution in [3.8, 4) is 0 Å². The Hall–Kier alpha value is 0.290. The first kappa shape index (κ1) is 12.3. The number of rotatable bonds is 8. The lowest BCUT2D eigenvalue weighted by Crippen LogP contribution is -1.95. The SMILES string of the molecule is [CH2]C(CCl)CCCCCCCC. The lowest BCUT2D eigenvalue weighted by atomic mass is 10.0. The highest BCUT2D eigenvalue weighted by molar-refractivity contribution is 6.18. The molecule has 0 bridgehead atoms. The highest BCUT2D eigenvalue weighted by Crippen LogP contribution is 2.12. The Morgan fingerprint density at radius 2 is 1.67 bits per heavy atom. The average Bonchev–Trinajstić information content (AvgIpc) is 2.10. The summed E-state index contributed by atoms with van der Waals surface area (Å²) in [6, 6.07) is 0. The third-order valence-electron chi connectivity index (χ3n) is 2.18. The van der Waals surface area contributed by atoms with Gasteiger partial charge >= 0.3 is 0 Å². The molecule has 1 radical (unpaired) electrons. The smallest absolute Gasteiger partial charge is 0.0251 e. The van der Waals surface area contributed by atoms with Crippen LogP contribution in [-0.2, 0) is 0 Å². The van der Waals surface area contributed by atoms with Crippen molar-refractivity contribution in [1.29, 1.82) is 0 Å². The van der Waals surface area contributed by atoms with Crippen LogP contribution in [0.2, 0.25) is 0 Å². The summed E-state index contributed by atoms with van der Waals surface area (Å²) in [4.78, 5) is 0. The predicted octanol–water partition coefficient (Wildman–Crippen LogP) is 4.43. The molecule has 0 amide bonds. The van der Waals surface area contributed by atoms with E-state index in [0.717, 1.165) is 5.88 Å². The van der Waals surface area contributed by atoms with E-state index in [1.165, 1.54) is 44.9 Å². The van der Waals surface area contributed by atoms with Gasteiger partial charge in [-0.1, -0.05) is 45.4 Å². The number of unbranched alkanes of at least 4 members (excludes halogenated alkanes) is 5. The van der Waals surface area contributed by atoms with Gasteiger partial charge in [0.2, 0.25) is 0 Å². The van der Waals surface area contributed by atoms with Crippen LogP contribution in [0.5, 0.6) is 0 Å². The molecule has 1 unspecified atom stereocenters. The maximum atomic E-state index is 5.65. The number of alkyl halides is 1. The van der Waals surface area contributed by atoms with E-state index in [1.807, 2.05) is 0 Å². The van der Waals surface area contributed by atoms with Crippen molar-refractivity contribution in [1.82, 2.24) is 0 Å². The first-order valence-corrected chi connectivity index (χ1v) is 5.73. The van der Waals surface area contributed by atoms with Gasteiger partial charge in [0.05, 0.1) is 0 Å². The summed E-state index contributed by atoms with van der Waals surface area (Å²) in [5.74, 6) is 1.19. The number of halogens is 1. The van der Waals surface area contributed by atoms with E-state index in [4.69, 9.17) is 11.6 Å². The van der Waals surface area contributed by atoms with Crippen LogP contribution in [0, 0.1) is 12.8 Å². The van der Waals surface area contributed by atoms with Gasteiger partial charge in [-0.05, 0) is 19.3 Å². The Labute approximate surface area is 82.7 Å². The highest BCUT2D eigenvalue weighted by Gasteiger charge is 1.98. The third-order valence-corrected chi connectivity index (χ3v) is 2.62. The van der Waals surface area contributed by atoms with E-state index in [1.54, 1.807) is 0 Å². The van der Waals surface area contributed by atoms with Gasteiger partial charge in [-0.15, -0.1) is 11.6 Å². The number of hydrogen-bond donors (Lipinski definition) is 0. The second kappa shape index (κ2) is 9.38. The fourth-order valence-electron chi connectivity index (χ4n) is 1.29. The molecule has 0 aromatic heterocycles. The first-order valence-electron chi connectivity index (χ1n) is 5.20. The zero-order valence-electron chi connectivity index (χ0n) is 8.32. The Bertz CT molecular complexity index is 81.1. The minimum Gasteiger partial charge on any atom is -0.126 e. The van der Waals surface area contributed by atoms with Crippen molar-refractivity contribution >= 4 is 11.6 Å². The van der Waals surface area contributed by atoms with Gasteiger partial charge in [0.1, 0.15) is 0 Å². The van der Waals surface area contributed by atoms with Crippen LogP contribution in [-0.4, -0.2) is 5.88 Å². The van der Waals surface area contributed by atoms with Crippen molar-refractivity contribution < 1.29 is 0 Å². The molecule has 73 valence electrons. The molecule has 1 heteroatoms. The molecule has 0 fully saturated rings. The largest absolute Gasteiger partial charge is 0.126 e. The fraction of sp³-hybridized carbons (Fsp3) is 0.909. The van der Waals surface area contributed by atoms with Crippen LogP contribution in [0.25, 0.3) is 0 Å². The Balaban J connectivity index is 2.90. The van der Waals surface area contributed by atoms with E-state index >= 15 is 0 Å². The average molecular weight is 190 g/mol. The maximum absolute atomic E-state index is 5.65. The van der Waals surface area contributed by atoms with E-state index in [0.29, 0.717) is 5.92 Å². The zero-order chi connectivity index (χ0) is 9.23. The summed E-state index contributed by atoms with van der Waals surface area (Å²) in [5, 5.41) is 0. The molecular weight excluding hydrogens is 168 g/mol. The van der Waals surface area contributed by atoms with E-state index in [2.05, 4.69) is 13.8 Å². The zero-order valence-corrected chi connectivity index (χ0v) is 9.08. The van der Waals surface area contributed by atoms with Crippen LogP contribution in [0.4, 0.5) is 0 Å². The first-order chi connectivity index (χ1) is 5.81.